The number of hydrogen-bond donors (Lipinski definition) is 1. The highest BCUT2D eigenvalue weighted by Gasteiger charge is 2.33. The molecule has 1 N–H and O–H groups in total. The summed E-state index contributed by atoms with van der Waals surface area (Å²) in [4.78, 5) is 29.1. The molecule has 1 heterocycles. The first-order chi connectivity index (χ1) is 18.8. The van der Waals surface area contributed by atoms with Crippen LogP contribution < -0.4 is 20.1 Å². The lowest BCUT2D eigenvalue weighted by Crippen LogP contribution is -2.28. The molecule has 10 nitrogen and oxygen atoms in total. The van der Waals surface area contributed by atoms with Gasteiger partial charge >= 0.3 is 13.6 Å². The highest BCUT2D eigenvalue weighted by molar-refractivity contribution is 7.62. The van der Waals surface area contributed by atoms with Crippen molar-refractivity contribution in [3.63, 3.8) is 0 Å². The number of carbonyl (C=O) groups excluding carboxylic acids is 2. The second-order valence-electron chi connectivity index (χ2n) is 9.99. The third-order valence-electron chi connectivity index (χ3n) is 5.03. The normalized spacial score (nSPS) is 13.8. The van der Waals surface area contributed by atoms with Crippen molar-refractivity contribution in [2.24, 2.45) is 5.41 Å². The van der Waals surface area contributed by atoms with Crippen molar-refractivity contribution in [3.05, 3.63) is 59.6 Å². The highest BCUT2D eigenvalue weighted by Crippen LogP contribution is 2.48. The minimum absolute atomic E-state index is 0.115. The van der Waals surface area contributed by atoms with Crippen molar-refractivity contribution in [3.8, 4) is 17.2 Å². The van der Waals surface area contributed by atoms with Crippen LogP contribution in [-0.4, -0.2) is 35.9 Å². The van der Waals surface area contributed by atoms with E-state index in [-0.39, 0.29) is 23.9 Å². The monoisotopic (exact) mass is 590 g/mol. The molecule has 0 spiro atoms. The number of anilines is 1. The summed E-state index contributed by atoms with van der Waals surface area (Å²) in [5, 5.41) is 5.25. The zero-order valence-corrected chi connectivity index (χ0v) is 25.3. The van der Waals surface area contributed by atoms with E-state index in [0.29, 0.717) is 27.9 Å². The van der Waals surface area contributed by atoms with Gasteiger partial charge in [-0.1, -0.05) is 0 Å². The number of rotatable bonds is 12. The molecule has 0 radical (unpaired) electrons. The topological polar surface area (TPSA) is 122 Å². The Hall–Kier alpha value is -3.24. The van der Waals surface area contributed by atoms with E-state index < -0.39 is 25.3 Å². The first kappa shape index (κ1) is 31.3. The van der Waals surface area contributed by atoms with E-state index in [1.54, 1.807) is 81.7 Å². The van der Waals surface area contributed by atoms with Crippen LogP contribution in [0.3, 0.4) is 0 Å². The predicted octanol–water partition coefficient (Wildman–Crippen LogP) is 6.78. The van der Waals surface area contributed by atoms with E-state index in [9.17, 15) is 14.2 Å². The molecule has 0 saturated heterocycles. The Balaban J connectivity index is 1.80. The molecule has 0 aliphatic heterocycles. The maximum Gasteiger partial charge on any atom is 0.364 e. The molecule has 216 valence electrons. The Bertz CT molecular complexity index is 1340. The summed E-state index contributed by atoms with van der Waals surface area (Å²) in [5.74, 6) is 0.381. The minimum Gasteiger partial charge on any atom is -0.491 e. The molecule has 2 atom stereocenters. The van der Waals surface area contributed by atoms with Gasteiger partial charge in [-0.15, -0.1) is 11.3 Å². The Labute approximate surface area is 238 Å². The van der Waals surface area contributed by atoms with Gasteiger partial charge in [0.25, 0.3) is 5.91 Å². The van der Waals surface area contributed by atoms with Crippen molar-refractivity contribution in [2.45, 2.75) is 60.9 Å². The number of carbonyl (C=O) groups is 2. The Morgan fingerprint density at radius 2 is 1.70 bits per heavy atom. The van der Waals surface area contributed by atoms with Crippen LogP contribution in [0.15, 0.2) is 54.0 Å². The van der Waals surface area contributed by atoms with E-state index in [1.807, 2.05) is 13.8 Å². The molecule has 0 aliphatic rings. The molecular weight excluding hydrogens is 555 g/mol. The number of esters is 1. The Kier molecular flexibility index (Phi) is 10.5. The zero-order valence-electron chi connectivity index (χ0n) is 23.6. The lowest BCUT2D eigenvalue weighted by atomic mass is 9.97. The van der Waals surface area contributed by atoms with Crippen LogP contribution in [0.2, 0.25) is 0 Å². The number of benzene rings is 2. The van der Waals surface area contributed by atoms with E-state index in [0.717, 1.165) is 0 Å². The largest absolute Gasteiger partial charge is 0.491 e. The Morgan fingerprint density at radius 3 is 2.27 bits per heavy atom. The predicted molar refractivity (Wildman–Crippen MR) is 154 cm³/mol. The van der Waals surface area contributed by atoms with Crippen molar-refractivity contribution >= 4 is 41.2 Å². The third-order valence-corrected chi connectivity index (χ3v) is 7.82. The standard InChI is InChI=1S/C28H35N2O8PS/c1-8-34-39(33,38-19(4)36-26(32)28(5,6)7)24-11-9-21(10-12-24)37-23-16-20(15-22(17-23)35-18(2)3)25(31)30-27-29-13-14-40-27/h9-19H,8H2,1-7H3,(H,29,30,31). The van der Waals surface area contributed by atoms with Gasteiger partial charge < -0.3 is 18.7 Å². The molecule has 12 heteroatoms. The zero-order chi connectivity index (χ0) is 29.5. The van der Waals surface area contributed by atoms with Crippen LogP contribution >= 0.6 is 18.9 Å². The quantitative estimate of drug-likeness (QED) is 0.138. The van der Waals surface area contributed by atoms with Crippen LogP contribution in [-0.2, 0) is 23.1 Å². The van der Waals surface area contributed by atoms with Gasteiger partial charge in [0.05, 0.1) is 23.4 Å². The third kappa shape index (κ3) is 8.89. The highest BCUT2D eigenvalue weighted by atomic mass is 32.1. The number of nitrogens with one attached hydrogen (secondary N) is 1. The molecule has 0 aliphatic carbocycles. The first-order valence-corrected chi connectivity index (χ1v) is 15.2. The van der Waals surface area contributed by atoms with Crippen LogP contribution in [0.5, 0.6) is 17.2 Å². The van der Waals surface area contributed by atoms with Crippen molar-refractivity contribution in [2.75, 3.05) is 11.9 Å². The molecule has 3 rings (SSSR count). The van der Waals surface area contributed by atoms with E-state index >= 15 is 0 Å². The molecular formula is C28H35N2O8PS. The maximum atomic E-state index is 13.6. The summed E-state index contributed by atoms with van der Waals surface area (Å²) in [6.45, 7) is 12.2. The van der Waals surface area contributed by atoms with Gasteiger partial charge in [-0.2, -0.15) is 0 Å². The summed E-state index contributed by atoms with van der Waals surface area (Å²) in [6.07, 6.45) is 0.380. The van der Waals surface area contributed by atoms with E-state index in [1.165, 1.54) is 18.3 Å². The molecule has 2 aromatic carbocycles. The lowest BCUT2D eigenvalue weighted by molar-refractivity contribution is -0.171. The van der Waals surface area contributed by atoms with Gasteiger partial charge in [-0.25, -0.2) is 4.98 Å². The molecule has 1 amide bonds. The molecule has 2 unspecified atom stereocenters. The molecule has 3 aromatic rings. The van der Waals surface area contributed by atoms with Gasteiger partial charge in [-0.05, 0) is 84.9 Å². The van der Waals surface area contributed by atoms with Gasteiger partial charge in [0.2, 0.25) is 6.29 Å². The average Bonchev–Trinajstić information content (AvgIpc) is 3.36. The number of amides is 1. The minimum atomic E-state index is -3.82. The first-order valence-electron chi connectivity index (χ1n) is 12.7. The fourth-order valence-corrected chi connectivity index (χ4v) is 5.41. The molecule has 0 bridgehead atoms. The van der Waals surface area contributed by atoms with Gasteiger partial charge in [-0.3, -0.25) is 24.0 Å². The number of nitrogens with zero attached hydrogens (tertiary/aromatic N) is 1. The summed E-state index contributed by atoms with van der Waals surface area (Å²) in [7, 11) is -3.82. The summed E-state index contributed by atoms with van der Waals surface area (Å²) < 4.78 is 41.8. The fourth-order valence-electron chi connectivity index (χ4n) is 3.27. The van der Waals surface area contributed by atoms with Crippen LogP contribution in [0.4, 0.5) is 5.13 Å². The van der Waals surface area contributed by atoms with Gasteiger partial charge in [0.1, 0.15) is 17.2 Å². The lowest BCUT2D eigenvalue weighted by Gasteiger charge is -2.25. The van der Waals surface area contributed by atoms with Crippen molar-refractivity contribution in [1.29, 1.82) is 0 Å². The van der Waals surface area contributed by atoms with Crippen LogP contribution in [0.1, 0.15) is 58.8 Å². The maximum absolute atomic E-state index is 13.6. The molecule has 0 saturated carbocycles. The number of ether oxygens (including phenoxy) is 3. The summed E-state index contributed by atoms with van der Waals surface area (Å²) in [5.41, 5.74) is -0.418. The van der Waals surface area contributed by atoms with E-state index in [4.69, 9.17) is 23.3 Å². The van der Waals surface area contributed by atoms with Crippen LogP contribution in [0, 0.1) is 5.41 Å². The SMILES string of the molecule is CCOP(=O)(OC(C)OC(=O)C(C)(C)C)c1ccc(Oc2cc(OC(C)C)cc(C(=O)Nc3nccs3)c2)cc1. The van der Waals surface area contributed by atoms with Crippen molar-refractivity contribution < 1.29 is 37.4 Å². The summed E-state index contributed by atoms with van der Waals surface area (Å²) >= 11 is 1.31. The van der Waals surface area contributed by atoms with Gasteiger partial charge in [0.15, 0.2) is 5.13 Å². The average molecular weight is 591 g/mol. The van der Waals surface area contributed by atoms with E-state index in [2.05, 4.69) is 10.3 Å². The molecule has 1 aromatic heterocycles. The number of hydrogen-bond acceptors (Lipinski definition) is 10. The number of thiazole rings is 1. The summed E-state index contributed by atoms with van der Waals surface area (Å²) in [6, 6.07) is 11.2. The Morgan fingerprint density at radius 1 is 1.02 bits per heavy atom. The van der Waals surface area contributed by atoms with Gasteiger partial charge in [0, 0.05) is 23.2 Å². The van der Waals surface area contributed by atoms with Crippen LogP contribution in [0.25, 0.3) is 0 Å². The molecule has 0 fully saturated rings. The fraction of sp³-hybridized carbons (Fsp3) is 0.393. The second kappa shape index (κ2) is 13.4. The second-order valence-corrected chi connectivity index (χ2v) is 12.9. The molecule has 40 heavy (non-hydrogen) atoms. The number of aromatic nitrogens is 1. The smallest absolute Gasteiger partial charge is 0.364 e. The van der Waals surface area contributed by atoms with Crippen molar-refractivity contribution in [1.82, 2.24) is 4.98 Å².